The minimum absolute atomic E-state index is 0.133. The van der Waals surface area contributed by atoms with Crippen molar-refractivity contribution in [3.63, 3.8) is 0 Å². The van der Waals surface area contributed by atoms with Crippen LogP contribution in [0.15, 0.2) is 18.2 Å². The van der Waals surface area contributed by atoms with Crippen molar-refractivity contribution in [1.29, 1.82) is 0 Å². The highest BCUT2D eigenvalue weighted by Crippen LogP contribution is 2.32. The number of hydrogen-bond acceptors (Lipinski definition) is 2. The maximum atomic E-state index is 14.0. The summed E-state index contributed by atoms with van der Waals surface area (Å²) in [6.45, 7) is 3.49. The molecule has 88 valence electrons. The molecule has 3 heteroatoms. The number of benzene rings is 1. The van der Waals surface area contributed by atoms with E-state index in [0.717, 1.165) is 30.5 Å². The van der Waals surface area contributed by atoms with Crippen LogP contribution in [0, 0.1) is 5.82 Å². The molecule has 1 saturated heterocycles. The van der Waals surface area contributed by atoms with Crippen LogP contribution < -0.4 is 5.32 Å². The Bertz CT molecular complexity index is 372. The summed E-state index contributed by atoms with van der Waals surface area (Å²) in [6.07, 6.45) is 2.10. The fraction of sp³-hybridized carbons (Fsp3) is 0.538. The van der Waals surface area contributed by atoms with Gasteiger partial charge < -0.3 is 10.1 Å². The van der Waals surface area contributed by atoms with Crippen LogP contribution in [-0.2, 0) is 16.9 Å². The third-order valence-corrected chi connectivity index (χ3v) is 3.31. The molecule has 0 spiro atoms. The van der Waals surface area contributed by atoms with Crippen molar-refractivity contribution >= 4 is 0 Å². The van der Waals surface area contributed by atoms with E-state index in [0.29, 0.717) is 6.61 Å². The van der Waals surface area contributed by atoms with Gasteiger partial charge in [-0.05, 0) is 37.9 Å². The Morgan fingerprint density at radius 1 is 1.50 bits per heavy atom. The molecule has 0 aromatic heterocycles. The van der Waals surface area contributed by atoms with E-state index in [1.807, 2.05) is 12.1 Å². The van der Waals surface area contributed by atoms with Gasteiger partial charge in [0, 0.05) is 18.2 Å². The number of halogens is 1. The summed E-state index contributed by atoms with van der Waals surface area (Å²) in [4.78, 5) is 0. The number of nitrogens with one attached hydrogen (secondary N) is 1. The predicted molar refractivity (Wildman–Crippen MR) is 61.7 cm³/mol. The highest BCUT2D eigenvalue weighted by molar-refractivity contribution is 5.30. The molecule has 0 bridgehead atoms. The molecule has 1 aliphatic heterocycles. The number of methoxy groups -OCH3 is 1. The smallest absolute Gasteiger partial charge is 0.128 e. The second-order valence-corrected chi connectivity index (χ2v) is 4.61. The summed E-state index contributed by atoms with van der Waals surface area (Å²) in [6, 6.07) is 5.39. The second kappa shape index (κ2) is 4.52. The van der Waals surface area contributed by atoms with Crippen LogP contribution in [0.4, 0.5) is 4.39 Å². The first-order chi connectivity index (χ1) is 7.65. The Morgan fingerprint density at radius 3 is 2.88 bits per heavy atom. The Labute approximate surface area is 95.8 Å². The molecule has 16 heavy (non-hydrogen) atoms. The third-order valence-electron chi connectivity index (χ3n) is 3.31. The lowest BCUT2D eigenvalue weighted by molar-refractivity contribution is 0.184. The lowest BCUT2D eigenvalue weighted by atomic mass is 9.89. The van der Waals surface area contributed by atoms with Gasteiger partial charge in [-0.25, -0.2) is 4.39 Å². The average molecular weight is 223 g/mol. The van der Waals surface area contributed by atoms with Crippen molar-refractivity contribution in [3.8, 4) is 0 Å². The molecule has 2 nitrogen and oxygen atoms in total. The Morgan fingerprint density at radius 2 is 2.31 bits per heavy atom. The van der Waals surface area contributed by atoms with E-state index in [1.165, 1.54) is 0 Å². The summed E-state index contributed by atoms with van der Waals surface area (Å²) >= 11 is 0. The Kier molecular flexibility index (Phi) is 3.26. The van der Waals surface area contributed by atoms with E-state index in [-0.39, 0.29) is 11.4 Å². The van der Waals surface area contributed by atoms with Gasteiger partial charge in [-0.15, -0.1) is 0 Å². The minimum Gasteiger partial charge on any atom is -0.380 e. The van der Waals surface area contributed by atoms with Crippen LogP contribution in [0.1, 0.15) is 30.9 Å². The van der Waals surface area contributed by atoms with E-state index in [4.69, 9.17) is 4.74 Å². The van der Waals surface area contributed by atoms with Crippen LogP contribution in [0.2, 0.25) is 0 Å². The van der Waals surface area contributed by atoms with Gasteiger partial charge in [0.25, 0.3) is 0 Å². The van der Waals surface area contributed by atoms with Crippen molar-refractivity contribution in [3.05, 3.63) is 35.1 Å². The van der Waals surface area contributed by atoms with Crippen molar-refractivity contribution in [2.45, 2.75) is 31.9 Å². The molecular weight excluding hydrogens is 205 g/mol. The summed E-state index contributed by atoms with van der Waals surface area (Å²) in [5, 5.41) is 3.37. The summed E-state index contributed by atoms with van der Waals surface area (Å²) < 4.78 is 19.0. The molecule has 0 amide bonds. The monoisotopic (exact) mass is 223 g/mol. The van der Waals surface area contributed by atoms with Crippen LogP contribution in [0.3, 0.4) is 0 Å². The van der Waals surface area contributed by atoms with Gasteiger partial charge >= 0.3 is 0 Å². The molecule has 1 fully saturated rings. The molecule has 2 rings (SSSR count). The van der Waals surface area contributed by atoms with Gasteiger partial charge in [0.05, 0.1) is 6.61 Å². The molecule has 1 heterocycles. The molecule has 1 unspecified atom stereocenters. The van der Waals surface area contributed by atoms with E-state index in [9.17, 15) is 4.39 Å². The van der Waals surface area contributed by atoms with Gasteiger partial charge in [0.15, 0.2) is 0 Å². The fourth-order valence-electron chi connectivity index (χ4n) is 2.39. The standard InChI is InChI=1S/C13H18FNO/c1-13(6-3-7-15-13)11-5-4-10(9-16-2)8-12(11)14/h4-5,8,15H,3,6-7,9H2,1-2H3. The van der Waals surface area contributed by atoms with Crippen LogP contribution in [0.25, 0.3) is 0 Å². The highest BCUT2D eigenvalue weighted by Gasteiger charge is 2.32. The van der Waals surface area contributed by atoms with Gasteiger partial charge in [-0.3, -0.25) is 0 Å². The number of ether oxygens (including phenoxy) is 1. The molecule has 1 N–H and O–H groups in total. The minimum atomic E-state index is -0.199. The summed E-state index contributed by atoms with van der Waals surface area (Å²) in [7, 11) is 1.62. The van der Waals surface area contributed by atoms with E-state index in [2.05, 4.69) is 12.2 Å². The topological polar surface area (TPSA) is 21.3 Å². The number of rotatable bonds is 3. The van der Waals surface area contributed by atoms with Crippen molar-refractivity contribution < 1.29 is 9.13 Å². The van der Waals surface area contributed by atoms with Crippen LogP contribution >= 0.6 is 0 Å². The molecule has 1 atom stereocenters. The maximum Gasteiger partial charge on any atom is 0.128 e. The largest absolute Gasteiger partial charge is 0.380 e. The molecule has 0 radical (unpaired) electrons. The van der Waals surface area contributed by atoms with E-state index >= 15 is 0 Å². The van der Waals surface area contributed by atoms with E-state index in [1.54, 1.807) is 13.2 Å². The normalized spacial score (nSPS) is 24.9. The lowest BCUT2D eigenvalue weighted by Gasteiger charge is -2.25. The molecule has 0 saturated carbocycles. The zero-order valence-corrected chi connectivity index (χ0v) is 9.85. The van der Waals surface area contributed by atoms with Crippen LogP contribution in [0.5, 0.6) is 0 Å². The van der Waals surface area contributed by atoms with E-state index < -0.39 is 0 Å². The molecule has 0 aliphatic carbocycles. The molecule has 1 aromatic carbocycles. The SMILES string of the molecule is COCc1ccc(C2(C)CCCN2)c(F)c1. The number of hydrogen-bond donors (Lipinski definition) is 1. The quantitative estimate of drug-likeness (QED) is 0.850. The van der Waals surface area contributed by atoms with Crippen molar-refractivity contribution in [1.82, 2.24) is 5.32 Å². The van der Waals surface area contributed by atoms with Gasteiger partial charge in [-0.2, -0.15) is 0 Å². The first-order valence-electron chi connectivity index (χ1n) is 5.68. The van der Waals surface area contributed by atoms with Crippen molar-refractivity contribution in [2.75, 3.05) is 13.7 Å². The van der Waals surface area contributed by atoms with Gasteiger partial charge in [0.2, 0.25) is 0 Å². The first-order valence-corrected chi connectivity index (χ1v) is 5.68. The zero-order chi connectivity index (χ0) is 11.6. The average Bonchev–Trinajstić information content (AvgIpc) is 2.66. The lowest BCUT2D eigenvalue weighted by Crippen LogP contribution is -2.34. The summed E-state index contributed by atoms with van der Waals surface area (Å²) in [5.74, 6) is -0.133. The second-order valence-electron chi connectivity index (χ2n) is 4.61. The van der Waals surface area contributed by atoms with Crippen molar-refractivity contribution in [2.24, 2.45) is 0 Å². The molecular formula is C13H18FNO. The zero-order valence-electron chi connectivity index (χ0n) is 9.85. The van der Waals surface area contributed by atoms with Gasteiger partial charge in [-0.1, -0.05) is 12.1 Å². The summed E-state index contributed by atoms with van der Waals surface area (Å²) in [5.41, 5.74) is 1.45. The van der Waals surface area contributed by atoms with Crippen LogP contribution in [-0.4, -0.2) is 13.7 Å². The Hall–Kier alpha value is -0.930. The fourth-order valence-corrected chi connectivity index (χ4v) is 2.39. The highest BCUT2D eigenvalue weighted by atomic mass is 19.1. The van der Waals surface area contributed by atoms with Gasteiger partial charge in [0.1, 0.15) is 5.82 Å². The molecule has 1 aliphatic rings. The maximum absolute atomic E-state index is 14.0. The third kappa shape index (κ3) is 2.11. The first kappa shape index (κ1) is 11.6. The Balaban J connectivity index is 2.28. The predicted octanol–water partition coefficient (Wildman–Crippen LogP) is 2.57. The molecule has 1 aromatic rings.